The fourth-order valence-corrected chi connectivity index (χ4v) is 1.99. The Hall–Kier alpha value is -2.00. The molecule has 0 radical (unpaired) electrons. The van der Waals surface area contributed by atoms with E-state index in [2.05, 4.69) is 15.6 Å². The van der Waals surface area contributed by atoms with E-state index in [9.17, 15) is 4.79 Å². The predicted molar refractivity (Wildman–Crippen MR) is 79.6 cm³/mol. The third-order valence-electron chi connectivity index (χ3n) is 2.34. The second-order valence-corrected chi connectivity index (χ2v) is 4.81. The summed E-state index contributed by atoms with van der Waals surface area (Å²) >= 11 is 1.33. The molecule has 6 heteroatoms. The van der Waals surface area contributed by atoms with Gasteiger partial charge in [0.05, 0.1) is 11.4 Å². The minimum Gasteiger partial charge on any atom is -0.324 e. The van der Waals surface area contributed by atoms with Crippen LogP contribution in [0.2, 0.25) is 0 Å². The summed E-state index contributed by atoms with van der Waals surface area (Å²) < 4.78 is 0. The molecule has 0 fully saturated rings. The molecule has 0 saturated heterocycles. The second kappa shape index (κ2) is 6.81. The molecule has 0 atom stereocenters. The van der Waals surface area contributed by atoms with Crippen molar-refractivity contribution in [1.82, 2.24) is 5.32 Å². The third kappa shape index (κ3) is 4.30. The summed E-state index contributed by atoms with van der Waals surface area (Å²) in [5, 5.41) is 14.4. The van der Waals surface area contributed by atoms with Crippen LogP contribution in [0, 0.1) is 25.3 Å². The second-order valence-electron chi connectivity index (χ2n) is 4.02. The quantitative estimate of drug-likeness (QED) is 0.377. The first-order valence-corrected chi connectivity index (χ1v) is 6.87. The molecule has 5 nitrogen and oxygen atoms in total. The van der Waals surface area contributed by atoms with E-state index in [1.54, 1.807) is 0 Å². The van der Waals surface area contributed by atoms with E-state index in [0.717, 1.165) is 11.1 Å². The zero-order valence-corrected chi connectivity index (χ0v) is 12.2. The number of anilines is 1. The Morgan fingerprint density at radius 3 is 2.63 bits per heavy atom. The van der Waals surface area contributed by atoms with Crippen molar-refractivity contribution < 1.29 is 4.79 Å². The molecule has 0 spiro atoms. The first-order chi connectivity index (χ1) is 8.97. The van der Waals surface area contributed by atoms with Crippen molar-refractivity contribution in [3.63, 3.8) is 0 Å². The number of amidine groups is 1. The van der Waals surface area contributed by atoms with Crippen LogP contribution in [-0.2, 0) is 4.79 Å². The van der Waals surface area contributed by atoms with E-state index >= 15 is 0 Å². The number of thioether (sulfide) groups is 1. The standard InChI is InChI=1S/C13H16N4OS/c1-8-5-9(2)12(16-10(3)18)11(6-8)17-13(19-4)15-7-14/h5-6H,1-4H3,(H,15,17)(H,16,18). The number of benzene rings is 1. The summed E-state index contributed by atoms with van der Waals surface area (Å²) in [6.45, 7) is 5.32. The van der Waals surface area contributed by atoms with E-state index in [-0.39, 0.29) is 5.91 Å². The zero-order valence-electron chi connectivity index (χ0n) is 11.4. The molecule has 0 aliphatic heterocycles. The number of nitrogens with zero attached hydrogens (tertiary/aromatic N) is 2. The molecular formula is C13H16N4OS. The molecule has 0 aromatic heterocycles. The van der Waals surface area contributed by atoms with Gasteiger partial charge in [0.1, 0.15) is 0 Å². The number of aliphatic imine (C=N–C) groups is 1. The monoisotopic (exact) mass is 276 g/mol. The lowest BCUT2D eigenvalue weighted by Crippen LogP contribution is -2.13. The van der Waals surface area contributed by atoms with Crippen molar-refractivity contribution in [2.75, 3.05) is 11.6 Å². The molecular weight excluding hydrogens is 260 g/mol. The summed E-state index contributed by atoms with van der Waals surface area (Å²) in [6.07, 6.45) is 3.66. The number of nitrogens with one attached hydrogen (secondary N) is 2. The van der Waals surface area contributed by atoms with Gasteiger partial charge in [-0.2, -0.15) is 5.26 Å². The number of carbonyl (C=O) groups excluding carboxylic acids is 1. The number of hydrogen-bond donors (Lipinski definition) is 2. The van der Waals surface area contributed by atoms with E-state index in [1.165, 1.54) is 18.7 Å². The lowest BCUT2D eigenvalue weighted by Gasteiger charge is -2.12. The Morgan fingerprint density at radius 1 is 1.42 bits per heavy atom. The molecule has 1 amide bonds. The van der Waals surface area contributed by atoms with Crippen molar-refractivity contribution in [3.8, 4) is 6.19 Å². The van der Waals surface area contributed by atoms with E-state index in [0.29, 0.717) is 16.5 Å². The molecule has 2 N–H and O–H groups in total. The summed E-state index contributed by atoms with van der Waals surface area (Å²) in [5.41, 5.74) is 3.29. The molecule has 0 aliphatic rings. The molecule has 19 heavy (non-hydrogen) atoms. The molecule has 0 bridgehead atoms. The van der Waals surface area contributed by atoms with Gasteiger partial charge in [0, 0.05) is 6.92 Å². The van der Waals surface area contributed by atoms with Gasteiger partial charge in [-0.15, -0.1) is 0 Å². The fraction of sp³-hybridized carbons (Fsp3) is 0.308. The van der Waals surface area contributed by atoms with Crippen LogP contribution in [0.15, 0.2) is 17.1 Å². The lowest BCUT2D eigenvalue weighted by molar-refractivity contribution is -0.114. The van der Waals surface area contributed by atoms with Gasteiger partial charge >= 0.3 is 0 Å². The van der Waals surface area contributed by atoms with Crippen molar-refractivity contribution in [1.29, 1.82) is 5.26 Å². The SMILES string of the molecule is CSC(=Nc1cc(C)cc(C)c1NC(C)=O)NC#N. The lowest BCUT2D eigenvalue weighted by atomic mass is 10.1. The number of aryl methyl sites for hydroxylation is 2. The fourth-order valence-electron chi connectivity index (χ4n) is 1.65. The Kier molecular flexibility index (Phi) is 5.39. The van der Waals surface area contributed by atoms with Gasteiger partial charge in [0.25, 0.3) is 0 Å². The van der Waals surface area contributed by atoms with Crippen molar-refractivity contribution in [2.24, 2.45) is 4.99 Å². The van der Waals surface area contributed by atoms with Crippen LogP contribution in [0.3, 0.4) is 0 Å². The molecule has 1 aromatic rings. The molecule has 1 rings (SSSR count). The molecule has 1 aromatic carbocycles. The Labute approximate surface area is 117 Å². The van der Waals surface area contributed by atoms with Crippen LogP contribution >= 0.6 is 11.8 Å². The summed E-state index contributed by atoms with van der Waals surface area (Å²) in [6, 6.07) is 3.84. The summed E-state index contributed by atoms with van der Waals surface area (Å²) in [7, 11) is 0. The largest absolute Gasteiger partial charge is 0.324 e. The van der Waals surface area contributed by atoms with Crippen LogP contribution in [-0.4, -0.2) is 17.3 Å². The van der Waals surface area contributed by atoms with Crippen LogP contribution < -0.4 is 10.6 Å². The van der Waals surface area contributed by atoms with Gasteiger partial charge in [-0.3, -0.25) is 10.1 Å². The Morgan fingerprint density at radius 2 is 2.11 bits per heavy atom. The van der Waals surface area contributed by atoms with Crippen molar-refractivity contribution in [3.05, 3.63) is 23.3 Å². The van der Waals surface area contributed by atoms with Crippen LogP contribution in [0.4, 0.5) is 11.4 Å². The van der Waals surface area contributed by atoms with Gasteiger partial charge < -0.3 is 5.32 Å². The number of rotatable bonds is 2. The van der Waals surface area contributed by atoms with Crippen molar-refractivity contribution in [2.45, 2.75) is 20.8 Å². The highest BCUT2D eigenvalue weighted by atomic mass is 32.2. The number of carbonyl (C=O) groups is 1. The first-order valence-electron chi connectivity index (χ1n) is 5.64. The van der Waals surface area contributed by atoms with Crippen molar-refractivity contribution >= 4 is 34.2 Å². The summed E-state index contributed by atoms with van der Waals surface area (Å²) in [5.74, 6) is -0.151. The Bertz CT molecular complexity index is 560. The maximum Gasteiger partial charge on any atom is 0.221 e. The maximum atomic E-state index is 11.3. The van der Waals surface area contributed by atoms with Gasteiger partial charge in [0.15, 0.2) is 11.4 Å². The number of amides is 1. The highest BCUT2D eigenvalue weighted by molar-refractivity contribution is 8.13. The average Bonchev–Trinajstić information content (AvgIpc) is 2.32. The Balaban J connectivity index is 3.31. The molecule has 0 unspecified atom stereocenters. The highest BCUT2D eigenvalue weighted by Crippen LogP contribution is 2.31. The van der Waals surface area contributed by atoms with Gasteiger partial charge in [-0.05, 0) is 37.3 Å². The van der Waals surface area contributed by atoms with Gasteiger partial charge in [-0.1, -0.05) is 17.8 Å². The topological polar surface area (TPSA) is 77.3 Å². The van der Waals surface area contributed by atoms with Crippen LogP contribution in [0.5, 0.6) is 0 Å². The van der Waals surface area contributed by atoms with E-state index in [4.69, 9.17) is 5.26 Å². The van der Waals surface area contributed by atoms with Gasteiger partial charge in [0.2, 0.25) is 5.91 Å². The minimum absolute atomic E-state index is 0.151. The van der Waals surface area contributed by atoms with E-state index in [1.807, 2.05) is 38.4 Å². The number of nitriles is 1. The smallest absolute Gasteiger partial charge is 0.221 e. The van der Waals surface area contributed by atoms with E-state index < -0.39 is 0 Å². The molecule has 0 heterocycles. The summed E-state index contributed by atoms with van der Waals surface area (Å²) in [4.78, 5) is 15.6. The van der Waals surface area contributed by atoms with Crippen LogP contribution in [0.1, 0.15) is 18.1 Å². The highest BCUT2D eigenvalue weighted by Gasteiger charge is 2.09. The minimum atomic E-state index is -0.151. The van der Waals surface area contributed by atoms with Gasteiger partial charge in [-0.25, -0.2) is 4.99 Å². The zero-order chi connectivity index (χ0) is 14.4. The normalized spacial score (nSPS) is 10.8. The number of hydrogen-bond acceptors (Lipinski definition) is 4. The average molecular weight is 276 g/mol. The maximum absolute atomic E-state index is 11.3. The predicted octanol–water partition coefficient (Wildman–Crippen LogP) is 2.68. The van der Waals surface area contributed by atoms with Crippen LogP contribution in [0.25, 0.3) is 0 Å². The molecule has 0 aliphatic carbocycles. The first kappa shape index (κ1) is 15.1. The third-order valence-corrected chi connectivity index (χ3v) is 2.92. The molecule has 100 valence electrons. The molecule has 0 saturated carbocycles.